The molecule has 0 bridgehead atoms. The molecule has 4 rings (SSSR count). The maximum atomic E-state index is 12.1. The molecule has 11 heteroatoms. The van der Waals surface area contributed by atoms with Gasteiger partial charge in [-0.25, -0.2) is 9.97 Å². The van der Waals surface area contributed by atoms with Gasteiger partial charge in [0.05, 0.1) is 25.3 Å². The lowest BCUT2D eigenvalue weighted by atomic mass is 10.1. The van der Waals surface area contributed by atoms with Crippen molar-refractivity contribution in [1.29, 1.82) is 0 Å². The van der Waals surface area contributed by atoms with Crippen molar-refractivity contribution < 1.29 is 24.2 Å². The van der Waals surface area contributed by atoms with Gasteiger partial charge < -0.3 is 14.4 Å². The van der Waals surface area contributed by atoms with Crippen molar-refractivity contribution >= 4 is 28.3 Å². The Labute approximate surface area is 190 Å². The van der Waals surface area contributed by atoms with Crippen molar-refractivity contribution in [2.75, 3.05) is 37.9 Å². The maximum absolute atomic E-state index is 12.1. The van der Waals surface area contributed by atoms with E-state index in [4.69, 9.17) is 20.2 Å². The number of nitrogen functional groups attached to an aromatic ring is 1. The topological polar surface area (TPSA) is 122 Å². The normalized spacial score (nSPS) is 18.4. The number of benzene rings is 1. The number of morpholine rings is 1. The number of amides is 1. The number of aromatic nitrogens is 4. The number of carbonyl (C=O) groups excluding carboxylic acids is 1. The van der Waals surface area contributed by atoms with Crippen LogP contribution < -0.4 is 25.3 Å². The van der Waals surface area contributed by atoms with Crippen molar-refractivity contribution in [3.05, 3.63) is 36.0 Å². The Morgan fingerprint density at radius 2 is 2.03 bits per heavy atom. The van der Waals surface area contributed by atoms with Crippen LogP contribution in [-0.4, -0.2) is 60.2 Å². The van der Waals surface area contributed by atoms with Gasteiger partial charge in [-0.15, -0.1) is 0 Å². The van der Waals surface area contributed by atoms with Crippen LogP contribution in [0.25, 0.3) is 10.7 Å². The third kappa shape index (κ3) is 4.63. The molecule has 4 N–H and O–H groups in total. The van der Waals surface area contributed by atoms with Gasteiger partial charge in [-0.2, -0.15) is 0 Å². The van der Waals surface area contributed by atoms with E-state index in [-0.39, 0.29) is 24.1 Å². The molecular weight excluding hydrogens is 430 g/mol. The second kappa shape index (κ2) is 9.05. The van der Waals surface area contributed by atoms with Crippen LogP contribution in [0.3, 0.4) is 0 Å². The third-order valence-corrected chi connectivity index (χ3v) is 6.16. The highest BCUT2D eigenvalue weighted by Crippen LogP contribution is 2.27. The molecule has 1 amide bonds. The minimum atomic E-state index is -0.0725. The molecule has 168 valence electrons. The fraction of sp³-hybridized carbons (Fsp3) is 0.381. The minimum absolute atomic E-state index is 0.0624. The van der Waals surface area contributed by atoms with Crippen LogP contribution in [0.1, 0.15) is 24.2 Å². The highest BCUT2D eigenvalue weighted by atomic mass is 32.1. The zero-order chi connectivity index (χ0) is 22.8. The summed E-state index contributed by atoms with van der Waals surface area (Å²) in [5.74, 6) is 1.61. The number of nitrogens with one attached hydrogen (secondary N) is 2. The molecule has 1 fully saturated rings. The molecular formula is C21H27N7O3S+2. The molecule has 10 nitrogen and oxygen atoms in total. The smallest absolute Gasteiger partial charge is 0.408 e. The van der Waals surface area contributed by atoms with Crippen molar-refractivity contribution in [3.63, 3.8) is 0 Å². The fourth-order valence-electron chi connectivity index (χ4n) is 3.36. The molecule has 2 aromatic heterocycles. The molecule has 3 heterocycles. The predicted molar refractivity (Wildman–Crippen MR) is 120 cm³/mol. The lowest BCUT2D eigenvalue weighted by Gasteiger charge is -2.34. The lowest BCUT2D eigenvalue weighted by Crippen LogP contribution is -2.51. The summed E-state index contributed by atoms with van der Waals surface area (Å²) in [5, 5.41) is 0.565. The number of carbonyl (C=O) groups is 1. The van der Waals surface area contributed by atoms with Gasteiger partial charge in [-0.05, 0) is 49.4 Å². The molecule has 0 saturated carbocycles. The largest absolute Gasteiger partial charge is 0.408 e. The number of H-pyrrole nitrogens is 2. The zero-order valence-electron chi connectivity index (χ0n) is 18.5. The molecule has 3 aromatic rings. The Morgan fingerprint density at radius 3 is 2.69 bits per heavy atom. The Hall–Kier alpha value is -3.31. The molecule has 1 aromatic carbocycles. The SMILES string of the molecule is C[C@@H]1OCCN(c2nc(-c3c[nH+]c(N)s3)nc(Oc3ccc(C(=O)N(C)C)cc3)[nH+]2)[C@H]1C. The molecule has 1 aliphatic heterocycles. The van der Waals surface area contributed by atoms with Crippen molar-refractivity contribution in [2.24, 2.45) is 0 Å². The standard InChI is InChI=1S/C21H25N7O3S/c1-12-13(2)30-10-9-28(12)20-24-17(16-11-23-19(22)32-16)25-21(26-20)31-15-7-5-14(6-8-15)18(29)27(3)4/h5-8,11-13H,9-10H2,1-4H3,(H2,22,23)/p+2/t12-,13-/m0/s1. The summed E-state index contributed by atoms with van der Waals surface area (Å²) in [5.41, 5.74) is 6.45. The van der Waals surface area contributed by atoms with E-state index in [0.29, 0.717) is 41.4 Å². The number of rotatable bonds is 5. The lowest BCUT2D eigenvalue weighted by molar-refractivity contribution is -0.387. The monoisotopic (exact) mass is 457 g/mol. The maximum Gasteiger partial charge on any atom is 0.408 e. The molecule has 1 saturated heterocycles. The van der Waals surface area contributed by atoms with Gasteiger partial charge in [0.15, 0.2) is 0 Å². The average molecular weight is 458 g/mol. The van der Waals surface area contributed by atoms with Gasteiger partial charge in [0.1, 0.15) is 16.8 Å². The van der Waals surface area contributed by atoms with Crippen LogP contribution in [0.5, 0.6) is 11.8 Å². The van der Waals surface area contributed by atoms with E-state index < -0.39 is 0 Å². The van der Waals surface area contributed by atoms with E-state index >= 15 is 0 Å². The summed E-state index contributed by atoms with van der Waals surface area (Å²) in [6.45, 7) is 5.44. The number of thiazole rings is 1. The Morgan fingerprint density at radius 1 is 1.28 bits per heavy atom. The quantitative estimate of drug-likeness (QED) is 0.616. The van der Waals surface area contributed by atoms with Crippen molar-refractivity contribution in [3.8, 4) is 22.5 Å². The summed E-state index contributed by atoms with van der Waals surface area (Å²) >= 11 is 1.36. The molecule has 0 aliphatic carbocycles. The number of anilines is 2. The fourth-order valence-corrected chi connectivity index (χ4v) is 4.01. The number of ether oxygens (including phenoxy) is 2. The molecule has 0 unspecified atom stereocenters. The Bertz CT molecular complexity index is 1100. The molecule has 0 spiro atoms. The number of nitrogens with two attached hydrogens (primary N) is 1. The van der Waals surface area contributed by atoms with Gasteiger partial charge >= 0.3 is 17.1 Å². The number of hydrogen-bond donors (Lipinski definition) is 1. The van der Waals surface area contributed by atoms with Gasteiger partial charge in [0.25, 0.3) is 11.7 Å². The minimum Gasteiger partial charge on any atom is -0.408 e. The summed E-state index contributed by atoms with van der Waals surface area (Å²) in [6, 6.07) is 7.33. The predicted octanol–water partition coefficient (Wildman–Crippen LogP) is 1.52. The second-order valence-electron chi connectivity index (χ2n) is 7.76. The summed E-state index contributed by atoms with van der Waals surface area (Å²) in [7, 11) is 3.43. The summed E-state index contributed by atoms with van der Waals surface area (Å²) in [6.07, 6.45) is 1.84. The highest BCUT2D eigenvalue weighted by molar-refractivity contribution is 7.18. The Kier molecular flexibility index (Phi) is 6.19. The highest BCUT2D eigenvalue weighted by Gasteiger charge is 2.33. The van der Waals surface area contributed by atoms with E-state index in [1.54, 1.807) is 44.6 Å². The van der Waals surface area contributed by atoms with Crippen LogP contribution in [0, 0.1) is 0 Å². The van der Waals surface area contributed by atoms with Crippen molar-refractivity contribution in [2.45, 2.75) is 26.0 Å². The zero-order valence-corrected chi connectivity index (χ0v) is 19.3. The number of nitrogens with zero attached hydrogens (tertiary/aromatic N) is 4. The Balaban J connectivity index is 1.67. The van der Waals surface area contributed by atoms with Crippen LogP contribution >= 0.6 is 11.3 Å². The van der Waals surface area contributed by atoms with Gasteiger partial charge in [-0.3, -0.25) is 15.4 Å². The van der Waals surface area contributed by atoms with Crippen LogP contribution in [0.4, 0.5) is 11.1 Å². The van der Waals surface area contributed by atoms with Gasteiger partial charge in [0.2, 0.25) is 0 Å². The number of aromatic amines is 2. The first-order valence-corrected chi connectivity index (χ1v) is 11.1. The molecule has 32 heavy (non-hydrogen) atoms. The van der Waals surface area contributed by atoms with E-state index in [0.717, 1.165) is 4.88 Å². The van der Waals surface area contributed by atoms with Crippen LogP contribution in [0.15, 0.2) is 30.5 Å². The third-order valence-electron chi connectivity index (χ3n) is 5.30. The van der Waals surface area contributed by atoms with E-state index in [1.807, 2.05) is 6.92 Å². The first-order chi connectivity index (χ1) is 15.3. The molecule has 2 atom stereocenters. The van der Waals surface area contributed by atoms with E-state index in [9.17, 15) is 4.79 Å². The van der Waals surface area contributed by atoms with E-state index in [1.165, 1.54) is 16.2 Å². The summed E-state index contributed by atoms with van der Waals surface area (Å²) < 4.78 is 11.8. The van der Waals surface area contributed by atoms with Crippen molar-refractivity contribution in [1.82, 2.24) is 14.9 Å². The first-order valence-electron chi connectivity index (χ1n) is 10.3. The first kappa shape index (κ1) is 21.9. The molecule has 1 aliphatic rings. The van der Waals surface area contributed by atoms with Crippen LogP contribution in [-0.2, 0) is 4.74 Å². The summed E-state index contributed by atoms with van der Waals surface area (Å²) in [4.78, 5) is 32.0. The van der Waals surface area contributed by atoms with Gasteiger partial charge in [-0.1, -0.05) is 9.97 Å². The van der Waals surface area contributed by atoms with Crippen LogP contribution in [0.2, 0.25) is 0 Å². The van der Waals surface area contributed by atoms with E-state index in [2.05, 4.69) is 26.8 Å². The van der Waals surface area contributed by atoms with Gasteiger partial charge in [0, 0.05) is 19.7 Å². The number of hydrogen-bond acceptors (Lipinski definition) is 8. The molecule has 0 radical (unpaired) electrons. The average Bonchev–Trinajstić information content (AvgIpc) is 3.22. The second-order valence-corrected chi connectivity index (χ2v) is 8.84.